The molecule has 0 saturated heterocycles. The van der Waals surface area contributed by atoms with Crippen molar-refractivity contribution in [3.63, 3.8) is 0 Å². The standard InChI is InChI=1S/C14H8F4O5S/c15-11-7-10(8-1-3-9(4-2-8)13(19)20)5-6-12(11)23-24(21,22)14(16,17)18/h1-7H,(H,19,20). The van der Waals surface area contributed by atoms with Crippen LogP contribution in [0.25, 0.3) is 11.1 Å². The molecule has 5 nitrogen and oxygen atoms in total. The van der Waals surface area contributed by atoms with Crippen molar-refractivity contribution in [3.05, 3.63) is 53.8 Å². The van der Waals surface area contributed by atoms with Crippen molar-refractivity contribution in [2.75, 3.05) is 0 Å². The van der Waals surface area contributed by atoms with Crippen LogP contribution in [0.1, 0.15) is 10.4 Å². The van der Waals surface area contributed by atoms with Gasteiger partial charge in [0.05, 0.1) is 5.56 Å². The Morgan fingerprint density at radius 2 is 1.54 bits per heavy atom. The topological polar surface area (TPSA) is 80.7 Å². The SMILES string of the molecule is O=C(O)c1ccc(-c2ccc(OS(=O)(=O)C(F)(F)F)c(F)c2)cc1. The first-order valence-corrected chi connectivity index (χ1v) is 7.56. The van der Waals surface area contributed by atoms with Crippen LogP contribution in [0.2, 0.25) is 0 Å². The molecule has 24 heavy (non-hydrogen) atoms. The van der Waals surface area contributed by atoms with Gasteiger partial charge in [-0.05, 0) is 35.4 Å². The van der Waals surface area contributed by atoms with Crippen LogP contribution in [0.4, 0.5) is 17.6 Å². The maximum absolute atomic E-state index is 13.8. The fourth-order valence-electron chi connectivity index (χ4n) is 1.72. The second kappa shape index (κ2) is 6.11. The van der Waals surface area contributed by atoms with Gasteiger partial charge in [0, 0.05) is 0 Å². The summed E-state index contributed by atoms with van der Waals surface area (Å²) in [5.41, 5.74) is -5.11. The van der Waals surface area contributed by atoms with E-state index in [4.69, 9.17) is 5.11 Å². The van der Waals surface area contributed by atoms with E-state index in [9.17, 15) is 30.8 Å². The number of carboxylic acids is 1. The molecule has 0 heterocycles. The molecular formula is C14H8F4O5S. The van der Waals surface area contributed by atoms with Crippen LogP contribution >= 0.6 is 0 Å². The minimum Gasteiger partial charge on any atom is -0.478 e. The second-order valence-corrected chi connectivity index (χ2v) is 6.05. The maximum atomic E-state index is 13.8. The zero-order valence-electron chi connectivity index (χ0n) is 11.5. The number of carbonyl (C=O) groups is 1. The second-order valence-electron chi connectivity index (χ2n) is 4.51. The summed E-state index contributed by atoms with van der Waals surface area (Å²) < 4.78 is 75.9. The van der Waals surface area contributed by atoms with Gasteiger partial charge in [0.25, 0.3) is 0 Å². The number of hydrogen-bond donors (Lipinski definition) is 1. The van der Waals surface area contributed by atoms with Gasteiger partial charge in [-0.3, -0.25) is 0 Å². The van der Waals surface area contributed by atoms with Gasteiger partial charge in [0.15, 0.2) is 11.6 Å². The Bertz CT molecular complexity index is 873. The average Bonchev–Trinajstić information content (AvgIpc) is 2.48. The third-order valence-corrected chi connectivity index (χ3v) is 3.85. The molecule has 0 spiro atoms. The molecule has 1 N–H and O–H groups in total. The van der Waals surface area contributed by atoms with Crippen molar-refractivity contribution in [1.29, 1.82) is 0 Å². The van der Waals surface area contributed by atoms with E-state index < -0.39 is 33.2 Å². The molecule has 0 aliphatic carbocycles. The van der Waals surface area contributed by atoms with E-state index in [1.54, 1.807) is 0 Å². The monoisotopic (exact) mass is 364 g/mol. The highest BCUT2D eigenvalue weighted by Crippen LogP contribution is 2.31. The van der Waals surface area contributed by atoms with Crippen molar-refractivity contribution < 1.29 is 40.1 Å². The summed E-state index contributed by atoms with van der Waals surface area (Å²) in [6.45, 7) is 0. The molecule has 0 bridgehead atoms. The van der Waals surface area contributed by atoms with Crippen molar-refractivity contribution in [2.24, 2.45) is 0 Å². The van der Waals surface area contributed by atoms with Crippen LogP contribution in [0.3, 0.4) is 0 Å². The zero-order valence-corrected chi connectivity index (χ0v) is 12.4. The number of aromatic carboxylic acids is 1. The Kier molecular flexibility index (Phi) is 4.52. The van der Waals surface area contributed by atoms with Crippen LogP contribution in [0.15, 0.2) is 42.5 Å². The first-order chi connectivity index (χ1) is 11.0. The molecule has 2 aromatic carbocycles. The molecule has 0 aliphatic heterocycles. The molecule has 0 radical (unpaired) electrons. The summed E-state index contributed by atoms with van der Waals surface area (Å²) in [5, 5.41) is 8.78. The lowest BCUT2D eigenvalue weighted by molar-refractivity contribution is -0.0500. The van der Waals surface area contributed by atoms with Crippen LogP contribution in [0.5, 0.6) is 5.75 Å². The van der Waals surface area contributed by atoms with Gasteiger partial charge in [-0.2, -0.15) is 21.6 Å². The Morgan fingerprint density at radius 1 is 1.00 bits per heavy atom. The lowest BCUT2D eigenvalue weighted by atomic mass is 10.0. The molecule has 10 heteroatoms. The van der Waals surface area contributed by atoms with Crippen LogP contribution < -0.4 is 4.18 Å². The smallest absolute Gasteiger partial charge is 0.478 e. The highest BCUT2D eigenvalue weighted by Gasteiger charge is 2.48. The lowest BCUT2D eigenvalue weighted by Gasteiger charge is -2.11. The summed E-state index contributed by atoms with van der Waals surface area (Å²) >= 11 is 0. The summed E-state index contributed by atoms with van der Waals surface area (Å²) in [6.07, 6.45) is 0. The van der Waals surface area contributed by atoms with Crippen LogP contribution in [0, 0.1) is 5.82 Å². The van der Waals surface area contributed by atoms with E-state index in [0.717, 1.165) is 18.2 Å². The minimum absolute atomic E-state index is 0.00422. The first kappa shape index (κ1) is 17.7. The van der Waals surface area contributed by atoms with E-state index >= 15 is 0 Å². The van der Waals surface area contributed by atoms with Crippen molar-refractivity contribution >= 4 is 16.1 Å². The fraction of sp³-hybridized carbons (Fsp3) is 0.0714. The number of alkyl halides is 3. The van der Waals surface area contributed by atoms with Gasteiger partial charge < -0.3 is 9.29 Å². The van der Waals surface area contributed by atoms with Gasteiger partial charge in [-0.15, -0.1) is 0 Å². The van der Waals surface area contributed by atoms with E-state index in [1.165, 1.54) is 24.3 Å². The molecule has 0 aromatic heterocycles. The fourth-order valence-corrected chi connectivity index (χ4v) is 2.18. The number of hydrogen-bond acceptors (Lipinski definition) is 4. The molecule has 2 rings (SSSR count). The largest absolute Gasteiger partial charge is 0.534 e. The van der Waals surface area contributed by atoms with Crippen molar-refractivity contribution in [3.8, 4) is 16.9 Å². The summed E-state index contributed by atoms with van der Waals surface area (Å²) in [5.74, 6) is -3.57. The quantitative estimate of drug-likeness (QED) is 0.511. The Labute approximate surface area is 133 Å². The molecule has 0 fully saturated rings. The maximum Gasteiger partial charge on any atom is 0.534 e. The molecule has 2 aromatic rings. The van der Waals surface area contributed by atoms with Crippen molar-refractivity contribution in [2.45, 2.75) is 5.51 Å². The molecule has 128 valence electrons. The normalized spacial score (nSPS) is 12.0. The van der Waals surface area contributed by atoms with Gasteiger partial charge >= 0.3 is 21.6 Å². The Hall–Kier alpha value is -2.62. The highest BCUT2D eigenvalue weighted by molar-refractivity contribution is 7.88. The highest BCUT2D eigenvalue weighted by atomic mass is 32.2. The van der Waals surface area contributed by atoms with E-state index in [-0.39, 0.29) is 11.1 Å². The summed E-state index contributed by atoms with van der Waals surface area (Å²) in [7, 11) is -5.97. The van der Waals surface area contributed by atoms with Crippen molar-refractivity contribution in [1.82, 2.24) is 0 Å². The number of rotatable bonds is 4. The van der Waals surface area contributed by atoms with Crippen LogP contribution in [-0.2, 0) is 10.1 Å². The minimum atomic E-state index is -5.97. The molecule has 0 saturated carbocycles. The summed E-state index contributed by atoms with van der Waals surface area (Å²) in [4.78, 5) is 10.7. The van der Waals surface area contributed by atoms with Gasteiger partial charge in [0.2, 0.25) is 0 Å². The third-order valence-electron chi connectivity index (χ3n) is 2.88. The van der Waals surface area contributed by atoms with E-state index in [0.29, 0.717) is 5.56 Å². The Balaban J connectivity index is 2.32. The third kappa shape index (κ3) is 3.65. The van der Waals surface area contributed by atoms with E-state index in [1.807, 2.05) is 0 Å². The first-order valence-electron chi connectivity index (χ1n) is 6.15. The predicted octanol–water partition coefficient (Wildman–Crippen LogP) is 3.42. The van der Waals surface area contributed by atoms with Crippen LogP contribution in [-0.4, -0.2) is 25.0 Å². The molecule has 0 aliphatic rings. The number of benzene rings is 2. The Morgan fingerprint density at radius 3 is 2.00 bits per heavy atom. The van der Waals surface area contributed by atoms with Gasteiger partial charge in [0.1, 0.15) is 0 Å². The van der Waals surface area contributed by atoms with Gasteiger partial charge in [-0.25, -0.2) is 9.18 Å². The lowest BCUT2D eigenvalue weighted by Crippen LogP contribution is -2.28. The predicted molar refractivity (Wildman–Crippen MR) is 74.4 cm³/mol. The summed E-state index contributed by atoms with van der Waals surface area (Å²) in [6, 6.07) is 7.90. The molecule has 0 unspecified atom stereocenters. The number of halogens is 4. The number of carboxylic acid groups (broad SMARTS) is 1. The molecular weight excluding hydrogens is 356 g/mol. The van der Waals surface area contributed by atoms with E-state index in [2.05, 4.69) is 4.18 Å². The molecule has 0 amide bonds. The molecule has 0 atom stereocenters. The average molecular weight is 364 g/mol. The zero-order chi connectivity index (χ0) is 18.1. The van der Waals surface area contributed by atoms with Gasteiger partial charge in [-0.1, -0.05) is 18.2 Å².